The van der Waals surface area contributed by atoms with E-state index >= 15 is 0 Å². The highest BCUT2D eigenvalue weighted by molar-refractivity contribution is 6.31. The van der Waals surface area contributed by atoms with Gasteiger partial charge >= 0.3 is 0 Å². The summed E-state index contributed by atoms with van der Waals surface area (Å²) in [5, 5.41) is 6.79. The molecule has 4 heteroatoms. The minimum atomic E-state index is -0.0375. The lowest BCUT2D eigenvalue weighted by Gasteiger charge is -2.20. The molecule has 0 radical (unpaired) electrons. The monoisotopic (exact) mass is 282 g/mol. The van der Waals surface area contributed by atoms with Crippen molar-refractivity contribution in [1.29, 1.82) is 0 Å². The van der Waals surface area contributed by atoms with Crippen LogP contribution in [0, 0.1) is 12.8 Å². The second-order valence-corrected chi connectivity index (χ2v) is 5.58. The maximum absolute atomic E-state index is 11.9. The van der Waals surface area contributed by atoms with Crippen molar-refractivity contribution >= 4 is 23.2 Å². The molecule has 106 valence electrons. The molecule has 0 aromatic heterocycles. The molecule has 1 rings (SSSR count). The van der Waals surface area contributed by atoms with Gasteiger partial charge in [0.1, 0.15) is 0 Å². The fourth-order valence-corrected chi connectivity index (χ4v) is 2.17. The zero-order valence-electron chi connectivity index (χ0n) is 12.1. The third-order valence-corrected chi connectivity index (χ3v) is 3.48. The smallest absolute Gasteiger partial charge is 0.238 e. The van der Waals surface area contributed by atoms with Crippen molar-refractivity contribution in [2.24, 2.45) is 5.92 Å². The fraction of sp³-hybridized carbons (Fsp3) is 0.533. The van der Waals surface area contributed by atoms with Crippen LogP contribution in [0.15, 0.2) is 18.2 Å². The Balaban J connectivity index is 2.53. The van der Waals surface area contributed by atoms with Gasteiger partial charge in [-0.3, -0.25) is 4.79 Å². The van der Waals surface area contributed by atoms with Crippen LogP contribution in [-0.2, 0) is 4.79 Å². The summed E-state index contributed by atoms with van der Waals surface area (Å²) in [6.07, 6.45) is 1.02. The number of anilines is 1. The van der Waals surface area contributed by atoms with E-state index in [0.29, 0.717) is 23.5 Å². The van der Waals surface area contributed by atoms with Gasteiger partial charge in [-0.15, -0.1) is 0 Å². The molecule has 1 unspecified atom stereocenters. The minimum absolute atomic E-state index is 0.0375. The van der Waals surface area contributed by atoms with Crippen molar-refractivity contribution in [3.8, 4) is 0 Å². The largest absolute Gasteiger partial charge is 0.325 e. The van der Waals surface area contributed by atoms with E-state index in [-0.39, 0.29) is 5.91 Å². The van der Waals surface area contributed by atoms with Gasteiger partial charge in [0, 0.05) is 16.8 Å². The van der Waals surface area contributed by atoms with Crippen LogP contribution in [0.4, 0.5) is 5.69 Å². The van der Waals surface area contributed by atoms with Gasteiger partial charge in [0.05, 0.1) is 6.54 Å². The van der Waals surface area contributed by atoms with Crippen LogP contribution in [0.5, 0.6) is 0 Å². The Morgan fingerprint density at radius 3 is 2.63 bits per heavy atom. The van der Waals surface area contributed by atoms with E-state index in [1.165, 1.54) is 0 Å². The van der Waals surface area contributed by atoms with Crippen molar-refractivity contribution in [3.63, 3.8) is 0 Å². The van der Waals surface area contributed by atoms with Crippen molar-refractivity contribution < 1.29 is 4.79 Å². The Morgan fingerprint density at radius 1 is 1.37 bits per heavy atom. The summed E-state index contributed by atoms with van der Waals surface area (Å²) in [5.41, 5.74) is 1.78. The topological polar surface area (TPSA) is 41.1 Å². The first kappa shape index (κ1) is 16.0. The minimum Gasteiger partial charge on any atom is -0.325 e. The molecule has 1 aromatic rings. The number of carbonyl (C=O) groups excluding carboxylic acids is 1. The Hall–Kier alpha value is -1.06. The lowest BCUT2D eigenvalue weighted by molar-refractivity contribution is -0.115. The van der Waals surface area contributed by atoms with Crippen LogP contribution in [-0.4, -0.2) is 18.5 Å². The summed E-state index contributed by atoms with van der Waals surface area (Å²) in [4.78, 5) is 11.9. The van der Waals surface area contributed by atoms with E-state index in [1.807, 2.05) is 19.1 Å². The van der Waals surface area contributed by atoms with Crippen molar-refractivity contribution in [1.82, 2.24) is 5.32 Å². The van der Waals surface area contributed by atoms with Gasteiger partial charge in [-0.05, 0) is 37.0 Å². The average Bonchev–Trinajstić information content (AvgIpc) is 2.34. The molecule has 1 amide bonds. The predicted molar refractivity (Wildman–Crippen MR) is 81.7 cm³/mol. The standard InChI is InChI=1S/C15H23ClN2O/c1-5-13(10(2)3)17-9-15(19)18-14-8-12(16)7-6-11(14)4/h6-8,10,13,17H,5,9H2,1-4H3,(H,18,19). The van der Waals surface area contributed by atoms with Crippen molar-refractivity contribution in [2.45, 2.75) is 40.2 Å². The Labute approximate surface area is 120 Å². The van der Waals surface area contributed by atoms with E-state index in [2.05, 4.69) is 31.4 Å². The first-order valence-corrected chi connectivity index (χ1v) is 7.11. The third kappa shape index (κ3) is 5.21. The first-order valence-electron chi connectivity index (χ1n) is 6.73. The van der Waals surface area contributed by atoms with Crippen LogP contribution in [0.3, 0.4) is 0 Å². The van der Waals surface area contributed by atoms with E-state index in [0.717, 1.165) is 17.7 Å². The summed E-state index contributed by atoms with van der Waals surface area (Å²) in [7, 11) is 0. The molecule has 0 heterocycles. The molecule has 0 fully saturated rings. The second kappa shape index (κ2) is 7.51. The van der Waals surface area contributed by atoms with E-state index < -0.39 is 0 Å². The lowest BCUT2D eigenvalue weighted by Crippen LogP contribution is -2.38. The van der Waals surface area contributed by atoms with Gasteiger partial charge in [-0.25, -0.2) is 0 Å². The van der Waals surface area contributed by atoms with Crippen LogP contribution >= 0.6 is 11.6 Å². The summed E-state index contributed by atoms with van der Waals surface area (Å²) in [6, 6.07) is 5.85. The predicted octanol–water partition coefficient (Wildman–Crippen LogP) is 3.61. The maximum Gasteiger partial charge on any atom is 0.238 e. The molecule has 2 N–H and O–H groups in total. The number of aryl methyl sites for hydroxylation is 1. The molecule has 0 spiro atoms. The molecule has 1 atom stereocenters. The summed E-state index contributed by atoms with van der Waals surface area (Å²) in [6.45, 7) is 8.70. The summed E-state index contributed by atoms with van der Waals surface area (Å²) in [5.74, 6) is 0.482. The summed E-state index contributed by atoms with van der Waals surface area (Å²) < 4.78 is 0. The van der Waals surface area contributed by atoms with Gasteiger partial charge in [-0.2, -0.15) is 0 Å². The number of halogens is 1. The van der Waals surface area contributed by atoms with Gasteiger partial charge in [-0.1, -0.05) is 38.4 Å². The number of rotatable bonds is 6. The van der Waals surface area contributed by atoms with Gasteiger partial charge in [0.25, 0.3) is 0 Å². The van der Waals surface area contributed by atoms with E-state index in [9.17, 15) is 4.79 Å². The Bertz CT molecular complexity index is 432. The number of nitrogens with one attached hydrogen (secondary N) is 2. The molecule has 0 saturated carbocycles. The highest BCUT2D eigenvalue weighted by Gasteiger charge is 2.12. The van der Waals surface area contributed by atoms with Crippen LogP contribution < -0.4 is 10.6 Å². The zero-order chi connectivity index (χ0) is 14.4. The normalized spacial score (nSPS) is 12.5. The van der Waals surface area contributed by atoms with Crippen molar-refractivity contribution in [3.05, 3.63) is 28.8 Å². The molecule has 0 aliphatic heterocycles. The van der Waals surface area contributed by atoms with Crippen LogP contribution in [0.25, 0.3) is 0 Å². The SMILES string of the molecule is CCC(NCC(=O)Nc1cc(Cl)ccc1C)C(C)C. The molecular weight excluding hydrogens is 260 g/mol. The fourth-order valence-electron chi connectivity index (χ4n) is 2.00. The first-order chi connectivity index (χ1) is 8.93. The van der Waals surface area contributed by atoms with Gasteiger partial charge < -0.3 is 10.6 Å². The van der Waals surface area contributed by atoms with Crippen molar-refractivity contribution in [2.75, 3.05) is 11.9 Å². The quantitative estimate of drug-likeness (QED) is 0.837. The molecule has 0 aliphatic carbocycles. The molecule has 0 aliphatic rings. The van der Waals surface area contributed by atoms with Gasteiger partial charge in [0.15, 0.2) is 0 Å². The Kier molecular flexibility index (Phi) is 6.32. The number of hydrogen-bond acceptors (Lipinski definition) is 2. The number of carbonyl (C=O) groups is 1. The zero-order valence-corrected chi connectivity index (χ0v) is 12.8. The molecule has 1 aromatic carbocycles. The molecular formula is C15H23ClN2O. The third-order valence-electron chi connectivity index (χ3n) is 3.24. The number of benzene rings is 1. The number of amides is 1. The van der Waals surface area contributed by atoms with Crippen LogP contribution in [0.2, 0.25) is 5.02 Å². The highest BCUT2D eigenvalue weighted by Crippen LogP contribution is 2.19. The second-order valence-electron chi connectivity index (χ2n) is 5.15. The highest BCUT2D eigenvalue weighted by atomic mass is 35.5. The molecule has 0 bridgehead atoms. The van der Waals surface area contributed by atoms with Crippen LogP contribution in [0.1, 0.15) is 32.8 Å². The molecule has 0 saturated heterocycles. The van der Waals surface area contributed by atoms with E-state index in [1.54, 1.807) is 6.07 Å². The lowest BCUT2D eigenvalue weighted by atomic mass is 10.0. The van der Waals surface area contributed by atoms with E-state index in [4.69, 9.17) is 11.6 Å². The Morgan fingerprint density at radius 2 is 2.05 bits per heavy atom. The average molecular weight is 283 g/mol. The molecule has 19 heavy (non-hydrogen) atoms. The maximum atomic E-state index is 11.9. The number of hydrogen-bond donors (Lipinski definition) is 2. The summed E-state index contributed by atoms with van der Waals surface area (Å²) >= 11 is 5.92. The van der Waals surface area contributed by atoms with Gasteiger partial charge in [0.2, 0.25) is 5.91 Å². The molecule has 3 nitrogen and oxygen atoms in total.